The first-order valence-corrected chi connectivity index (χ1v) is 6.92. The quantitative estimate of drug-likeness (QED) is 0.294. The summed E-state index contributed by atoms with van der Waals surface area (Å²) in [6.07, 6.45) is -0.173. The highest BCUT2D eigenvalue weighted by Gasteiger charge is 2.21. The number of ether oxygens (including phenoxy) is 1. The van der Waals surface area contributed by atoms with Crippen molar-refractivity contribution >= 4 is 47.7 Å². The summed E-state index contributed by atoms with van der Waals surface area (Å²) in [4.78, 5) is 11.8. The Morgan fingerprint density at radius 3 is 2.36 bits per heavy atom. The standard InChI is InChI=1S/C15H19N3O2S.HI/c1-15(2,3)20-14(19)18-12(13(17)21)8-10-4-6-11(9-16)7-5-10;/h4-7,12H,8H2,1-3H3,(H2,17,21)(H,18,19);1H. The predicted octanol–water partition coefficient (Wildman–Crippen LogP) is 3.52. The van der Waals surface area contributed by atoms with E-state index in [1.807, 2.05) is 6.07 Å². The molecule has 0 radical (unpaired) electrons. The number of amides is 1. The lowest BCUT2D eigenvalue weighted by molar-refractivity contribution is 0.0518. The Morgan fingerprint density at radius 2 is 1.95 bits per heavy atom. The predicted molar refractivity (Wildman–Crippen MR) is 100 cm³/mol. The van der Waals surface area contributed by atoms with Crippen molar-refractivity contribution in [1.29, 1.82) is 10.7 Å². The maximum atomic E-state index is 11.8. The maximum absolute atomic E-state index is 11.8. The van der Waals surface area contributed by atoms with Crippen molar-refractivity contribution in [2.75, 3.05) is 0 Å². The molecule has 22 heavy (non-hydrogen) atoms. The molecule has 0 spiro atoms. The zero-order chi connectivity index (χ0) is 16.0. The first-order chi connectivity index (χ1) is 9.71. The second-order valence-electron chi connectivity index (χ2n) is 5.60. The molecule has 1 aromatic carbocycles. The van der Waals surface area contributed by atoms with Gasteiger partial charge in [0.15, 0.2) is 0 Å². The van der Waals surface area contributed by atoms with Crippen molar-refractivity contribution < 1.29 is 9.53 Å². The average molecular weight is 433 g/mol. The average Bonchev–Trinajstić information content (AvgIpc) is 2.36. The number of benzene rings is 1. The minimum atomic E-state index is -0.595. The summed E-state index contributed by atoms with van der Waals surface area (Å²) < 4.78 is 5.17. The number of hydrogen-bond acceptors (Lipinski definition) is 4. The van der Waals surface area contributed by atoms with E-state index in [0.717, 1.165) is 5.56 Å². The fraction of sp³-hybridized carbons (Fsp3) is 0.400. The van der Waals surface area contributed by atoms with Crippen LogP contribution in [-0.4, -0.2) is 22.8 Å². The summed E-state index contributed by atoms with van der Waals surface area (Å²) in [5, 5.41) is 19.1. The number of alkyl carbamates (subject to hydrolysis) is 1. The molecule has 5 nitrogen and oxygen atoms in total. The molecule has 0 aromatic heterocycles. The van der Waals surface area contributed by atoms with Gasteiger partial charge in [-0.05, 0) is 44.9 Å². The highest BCUT2D eigenvalue weighted by atomic mass is 127. The molecule has 0 heterocycles. The molecule has 2 N–H and O–H groups in total. The molecule has 1 rings (SSSR count). The van der Waals surface area contributed by atoms with Crippen LogP contribution in [0.4, 0.5) is 4.79 Å². The van der Waals surface area contributed by atoms with Crippen molar-refractivity contribution in [3.63, 3.8) is 0 Å². The van der Waals surface area contributed by atoms with E-state index < -0.39 is 17.7 Å². The SMILES string of the molecule is CC(C)(C)OC(=O)NC(Cc1ccc(C#N)cc1)C(=N)S.I. The van der Waals surface area contributed by atoms with E-state index in [1.54, 1.807) is 45.0 Å². The number of carbonyl (C=O) groups excluding carboxylic acids is 1. The second-order valence-corrected chi connectivity index (χ2v) is 6.08. The largest absolute Gasteiger partial charge is 0.444 e. The monoisotopic (exact) mass is 433 g/mol. The molecule has 0 aliphatic heterocycles. The van der Waals surface area contributed by atoms with Gasteiger partial charge in [-0.15, -0.1) is 36.6 Å². The first kappa shape index (κ1) is 20.7. The van der Waals surface area contributed by atoms with Gasteiger partial charge in [0.1, 0.15) is 5.60 Å². The van der Waals surface area contributed by atoms with Gasteiger partial charge in [0, 0.05) is 0 Å². The third-order valence-corrected chi connectivity index (χ3v) is 2.86. The second kappa shape index (κ2) is 9.00. The van der Waals surface area contributed by atoms with Gasteiger partial charge in [-0.1, -0.05) is 12.1 Å². The van der Waals surface area contributed by atoms with Crippen LogP contribution in [0.2, 0.25) is 0 Å². The number of nitrogens with one attached hydrogen (secondary N) is 2. The van der Waals surface area contributed by atoms with Crippen LogP contribution in [0.1, 0.15) is 31.9 Å². The van der Waals surface area contributed by atoms with Crippen molar-refractivity contribution in [3.05, 3.63) is 35.4 Å². The summed E-state index contributed by atoms with van der Waals surface area (Å²) in [6, 6.07) is 8.46. The van der Waals surface area contributed by atoms with Crippen molar-refractivity contribution in [2.45, 2.75) is 38.8 Å². The molecule has 1 amide bonds. The first-order valence-electron chi connectivity index (χ1n) is 6.47. The van der Waals surface area contributed by atoms with Gasteiger partial charge in [0.05, 0.1) is 22.7 Å². The fourth-order valence-corrected chi connectivity index (χ4v) is 1.77. The molecule has 0 saturated heterocycles. The van der Waals surface area contributed by atoms with E-state index in [9.17, 15) is 4.79 Å². The molecule has 120 valence electrons. The topological polar surface area (TPSA) is 86.0 Å². The van der Waals surface area contributed by atoms with Crippen LogP contribution in [0.5, 0.6) is 0 Å². The molecule has 0 aliphatic carbocycles. The molecule has 0 bridgehead atoms. The van der Waals surface area contributed by atoms with Gasteiger partial charge >= 0.3 is 6.09 Å². The zero-order valence-electron chi connectivity index (χ0n) is 12.7. The van der Waals surface area contributed by atoms with Crippen molar-refractivity contribution in [3.8, 4) is 6.07 Å². The number of nitrogens with zero attached hydrogens (tertiary/aromatic N) is 1. The van der Waals surface area contributed by atoms with Crippen LogP contribution in [0, 0.1) is 16.7 Å². The summed E-state index contributed by atoms with van der Waals surface area (Å²) in [6.45, 7) is 5.32. The van der Waals surface area contributed by atoms with Gasteiger partial charge in [0.2, 0.25) is 0 Å². The van der Waals surface area contributed by atoms with Crippen molar-refractivity contribution in [2.24, 2.45) is 0 Å². The smallest absolute Gasteiger partial charge is 0.408 e. The Kier molecular flexibility index (Phi) is 8.48. The van der Waals surface area contributed by atoms with Gasteiger partial charge in [-0.3, -0.25) is 5.41 Å². The molecule has 1 atom stereocenters. The summed E-state index contributed by atoms with van der Waals surface area (Å²) in [5.41, 5.74) is 0.868. The Morgan fingerprint density at radius 1 is 1.41 bits per heavy atom. The van der Waals surface area contributed by atoms with Crippen LogP contribution in [0.3, 0.4) is 0 Å². The van der Waals surface area contributed by atoms with Crippen LogP contribution in [-0.2, 0) is 11.2 Å². The lowest BCUT2D eigenvalue weighted by atomic mass is 10.1. The lowest BCUT2D eigenvalue weighted by Crippen LogP contribution is -2.43. The third-order valence-electron chi connectivity index (χ3n) is 2.54. The molecule has 0 saturated carbocycles. The zero-order valence-corrected chi connectivity index (χ0v) is 15.9. The lowest BCUT2D eigenvalue weighted by Gasteiger charge is -2.23. The normalized spacial score (nSPS) is 11.6. The van der Waals surface area contributed by atoms with E-state index in [0.29, 0.717) is 12.0 Å². The van der Waals surface area contributed by atoms with E-state index in [4.69, 9.17) is 15.4 Å². The molecule has 1 aromatic rings. The van der Waals surface area contributed by atoms with Gasteiger partial charge in [0.25, 0.3) is 0 Å². The minimum absolute atomic E-state index is 0. The Bertz CT molecular complexity index is 562. The van der Waals surface area contributed by atoms with E-state index in [1.165, 1.54) is 0 Å². The fourth-order valence-electron chi connectivity index (χ4n) is 1.62. The van der Waals surface area contributed by atoms with Crippen LogP contribution < -0.4 is 5.32 Å². The molecule has 0 aliphatic rings. The van der Waals surface area contributed by atoms with Gasteiger partial charge < -0.3 is 10.1 Å². The number of carbonyl (C=O) groups is 1. The van der Waals surface area contributed by atoms with Gasteiger partial charge in [-0.25, -0.2) is 4.79 Å². The Hall–Kier alpha value is -1.27. The van der Waals surface area contributed by atoms with E-state index in [2.05, 4.69) is 17.9 Å². The number of rotatable bonds is 4. The Balaban J connectivity index is 0.00000441. The minimum Gasteiger partial charge on any atom is -0.444 e. The van der Waals surface area contributed by atoms with Crippen molar-refractivity contribution in [1.82, 2.24) is 5.32 Å². The van der Waals surface area contributed by atoms with Crippen LogP contribution >= 0.6 is 36.6 Å². The number of nitriles is 1. The summed E-state index contributed by atoms with van der Waals surface area (Å²) in [5.74, 6) is 0. The highest BCUT2D eigenvalue weighted by Crippen LogP contribution is 2.10. The Labute approximate surface area is 153 Å². The molecular formula is C15H20IN3O2S. The van der Waals surface area contributed by atoms with E-state index >= 15 is 0 Å². The number of halogens is 1. The molecule has 1 unspecified atom stereocenters. The third kappa shape index (κ3) is 7.66. The molecule has 7 heteroatoms. The molecular weight excluding hydrogens is 413 g/mol. The highest BCUT2D eigenvalue weighted by molar-refractivity contribution is 14.0. The van der Waals surface area contributed by atoms with E-state index in [-0.39, 0.29) is 29.0 Å². The number of thiol groups is 1. The maximum Gasteiger partial charge on any atom is 0.408 e. The van der Waals surface area contributed by atoms with Crippen LogP contribution in [0.25, 0.3) is 0 Å². The summed E-state index contributed by atoms with van der Waals surface area (Å²) >= 11 is 4.01. The van der Waals surface area contributed by atoms with Gasteiger partial charge in [-0.2, -0.15) is 5.26 Å². The molecule has 0 fully saturated rings. The summed E-state index contributed by atoms with van der Waals surface area (Å²) in [7, 11) is 0. The number of hydrogen-bond donors (Lipinski definition) is 3. The van der Waals surface area contributed by atoms with Crippen LogP contribution in [0.15, 0.2) is 24.3 Å².